The third kappa shape index (κ3) is 3.59. The average molecular weight is 261 g/mol. The summed E-state index contributed by atoms with van der Waals surface area (Å²) in [7, 11) is 1.65. The van der Waals surface area contributed by atoms with Gasteiger partial charge in [0.2, 0.25) is 0 Å². The minimum absolute atomic E-state index is 0.512. The Morgan fingerprint density at radius 3 is 2.42 bits per heavy atom. The van der Waals surface area contributed by atoms with Gasteiger partial charge in [-0.05, 0) is 12.1 Å². The van der Waals surface area contributed by atoms with Crippen molar-refractivity contribution in [3.8, 4) is 5.75 Å². The number of fused-ring (bicyclic) bond motifs is 1. The molecule has 0 aliphatic rings. The lowest BCUT2D eigenvalue weighted by atomic mass is 10.1. The van der Waals surface area contributed by atoms with Crippen LogP contribution in [0.2, 0.25) is 0 Å². The molecule has 0 aliphatic carbocycles. The van der Waals surface area contributed by atoms with Gasteiger partial charge in [-0.25, -0.2) is 0 Å². The number of anilines is 1. The number of nitrogens with two attached hydrogens (primary N) is 1. The summed E-state index contributed by atoms with van der Waals surface area (Å²) in [6.07, 6.45) is 0. The summed E-state index contributed by atoms with van der Waals surface area (Å²) >= 11 is 0. The molecule has 19 heavy (non-hydrogen) atoms. The molecule has 0 unspecified atom stereocenters. The van der Waals surface area contributed by atoms with Crippen molar-refractivity contribution in [3.63, 3.8) is 0 Å². The molecule has 2 N–H and O–H groups in total. The molecule has 0 fully saturated rings. The van der Waals surface area contributed by atoms with Gasteiger partial charge in [-0.2, -0.15) is 0 Å². The number of hydrogen-bond donors (Lipinski definition) is 1. The van der Waals surface area contributed by atoms with E-state index in [-0.39, 0.29) is 0 Å². The quantitative estimate of drug-likeness (QED) is 0.614. The number of rotatable bonds is 7. The molecule has 0 saturated heterocycles. The first-order valence-electron chi connectivity index (χ1n) is 6.29. The highest BCUT2D eigenvalue weighted by atomic mass is 16.5. The van der Waals surface area contributed by atoms with Crippen molar-refractivity contribution in [2.24, 2.45) is 0 Å². The smallest absolute Gasteiger partial charge is 0.127 e. The Balaban J connectivity index is 1.96. The van der Waals surface area contributed by atoms with Crippen LogP contribution >= 0.6 is 0 Å². The molecule has 4 heteroatoms. The summed E-state index contributed by atoms with van der Waals surface area (Å²) in [5, 5.41) is 2.04. The molecule has 2 aromatic rings. The number of methoxy groups -OCH3 is 1. The van der Waals surface area contributed by atoms with E-state index in [9.17, 15) is 0 Å². The maximum Gasteiger partial charge on any atom is 0.127 e. The van der Waals surface area contributed by atoms with Gasteiger partial charge in [-0.1, -0.05) is 24.3 Å². The summed E-state index contributed by atoms with van der Waals surface area (Å²) < 4.78 is 16.0. The van der Waals surface area contributed by atoms with Crippen molar-refractivity contribution in [2.75, 3.05) is 39.3 Å². The minimum Gasteiger partial charge on any atom is -0.491 e. The largest absolute Gasteiger partial charge is 0.491 e. The highest BCUT2D eigenvalue weighted by Gasteiger charge is 2.04. The second kappa shape index (κ2) is 6.97. The van der Waals surface area contributed by atoms with Gasteiger partial charge in [0.25, 0.3) is 0 Å². The van der Waals surface area contributed by atoms with Crippen molar-refractivity contribution in [1.82, 2.24) is 0 Å². The Morgan fingerprint density at radius 2 is 1.63 bits per heavy atom. The number of hydrogen-bond acceptors (Lipinski definition) is 4. The van der Waals surface area contributed by atoms with E-state index in [1.807, 2.05) is 36.4 Å². The summed E-state index contributed by atoms with van der Waals surface area (Å²) in [6, 6.07) is 11.7. The third-order valence-corrected chi connectivity index (χ3v) is 2.83. The fraction of sp³-hybridized carbons (Fsp3) is 0.333. The Hall–Kier alpha value is -1.78. The first-order valence-corrected chi connectivity index (χ1v) is 6.29. The topological polar surface area (TPSA) is 53.7 Å². The van der Waals surface area contributed by atoms with Crippen molar-refractivity contribution in [1.29, 1.82) is 0 Å². The van der Waals surface area contributed by atoms with Crippen LogP contribution in [-0.2, 0) is 9.47 Å². The molecule has 0 amide bonds. The zero-order valence-electron chi connectivity index (χ0n) is 11.1. The molecule has 0 bridgehead atoms. The molecule has 0 aromatic heterocycles. The van der Waals surface area contributed by atoms with E-state index in [2.05, 4.69) is 0 Å². The number of nitrogen functional groups attached to an aromatic ring is 1. The van der Waals surface area contributed by atoms with Crippen molar-refractivity contribution in [2.45, 2.75) is 0 Å². The second-order valence-electron chi connectivity index (χ2n) is 4.15. The normalized spacial score (nSPS) is 10.8. The molecular formula is C15H19NO3. The van der Waals surface area contributed by atoms with Crippen LogP contribution in [0.4, 0.5) is 5.69 Å². The minimum atomic E-state index is 0.512. The molecule has 0 aliphatic heterocycles. The summed E-state index contributed by atoms with van der Waals surface area (Å²) in [5.41, 5.74) is 6.70. The third-order valence-electron chi connectivity index (χ3n) is 2.83. The average Bonchev–Trinajstić information content (AvgIpc) is 2.45. The van der Waals surface area contributed by atoms with Gasteiger partial charge in [-0.15, -0.1) is 0 Å². The highest BCUT2D eigenvalue weighted by Crippen LogP contribution is 2.29. The predicted molar refractivity (Wildman–Crippen MR) is 76.6 cm³/mol. The van der Waals surface area contributed by atoms with E-state index >= 15 is 0 Å². The van der Waals surface area contributed by atoms with E-state index in [0.717, 1.165) is 22.2 Å². The Labute approximate surface area is 113 Å². The van der Waals surface area contributed by atoms with E-state index in [0.29, 0.717) is 26.4 Å². The van der Waals surface area contributed by atoms with Crippen LogP contribution in [0.15, 0.2) is 36.4 Å². The van der Waals surface area contributed by atoms with E-state index in [1.54, 1.807) is 7.11 Å². The Kier molecular flexibility index (Phi) is 5.01. The molecular weight excluding hydrogens is 242 g/mol. The SMILES string of the molecule is COCCOCCOc1ccc(N)c2ccccc12. The molecule has 0 radical (unpaired) electrons. The summed E-state index contributed by atoms with van der Waals surface area (Å²) in [5.74, 6) is 0.833. The van der Waals surface area contributed by atoms with Crippen LogP contribution in [0.25, 0.3) is 10.8 Å². The Bertz CT molecular complexity index is 528. The van der Waals surface area contributed by atoms with Crippen molar-refractivity contribution in [3.05, 3.63) is 36.4 Å². The van der Waals surface area contributed by atoms with Crippen LogP contribution in [-0.4, -0.2) is 33.5 Å². The van der Waals surface area contributed by atoms with Gasteiger partial charge in [0.05, 0.1) is 19.8 Å². The van der Waals surface area contributed by atoms with Crippen LogP contribution < -0.4 is 10.5 Å². The Morgan fingerprint density at radius 1 is 0.895 bits per heavy atom. The zero-order valence-corrected chi connectivity index (χ0v) is 11.1. The summed E-state index contributed by atoms with van der Waals surface area (Å²) in [6.45, 7) is 2.24. The van der Waals surface area contributed by atoms with Crippen molar-refractivity contribution >= 4 is 16.5 Å². The van der Waals surface area contributed by atoms with Crippen LogP contribution in [0.1, 0.15) is 0 Å². The molecule has 2 rings (SSSR count). The fourth-order valence-electron chi connectivity index (χ4n) is 1.88. The van der Waals surface area contributed by atoms with E-state index in [4.69, 9.17) is 19.9 Å². The predicted octanol–water partition coefficient (Wildman–Crippen LogP) is 2.46. The fourth-order valence-corrected chi connectivity index (χ4v) is 1.88. The standard InChI is InChI=1S/C15H19NO3/c1-17-8-9-18-10-11-19-15-7-6-14(16)12-4-2-3-5-13(12)15/h2-7H,8-11,16H2,1H3. The van der Waals surface area contributed by atoms with Gasteiger partial charge in [0.1, 0.15) is 12.4 Å². The lowest BCUT2D eigenvalue weighted by Gasteiger charge is -2.11. The van der Waals surface area contributed by atoms with Gasteiger partial charge in [0, 0.05) is 23.6 Å². The molecule has 0 heterocycles. The molecule has 102 valence electrons. The zero-order chi connectivity index (χ0) is 13.5. The van der Waals surface area contributed by atoms with Gasteiger partial charge in [-0.3, -0.25) is 0 Å². The first kappa shape index (κ1) is 13.6. The number of benzene rings is 2. The number of ether oxygens (including phenoxy) is 3. The maximum atomic E-state index is 5.94. The molecule has 0 saturated carbocycles. The van der Waals surface area contributed by atoms with Gasteiger partial charge in [0.15, 0.2) is 0 Å². The van der Waals surface area contributed by atoms with Crippen molar-refractivity contribution < 1.29 is 14.2 Å². The van der Waals surface area contributed by atoms with Crippen LogP contribution in [0.5, 0.6) is 5.75 Å². The molecule has 0 atom stereocenters. The second-order valence-corrected chi connectivity index (χ2v) is 4.15. The molecule has 4 nitrogen and oxygen atoms in total. The summed E-state index contributed by atoms with van der Waals surface area (Å²) in [4.78, 5) is 0. The molecule has 0 spiro atoms. The molecule has 2 aromatic carbocycles. The van der Waals surface area contributed by atoms with Gasteiger partial charge >= 0.3 is 0 Å². The van der Waals surface area contributed by atoms with Crippen LogP contribution in [0, 0.1) is 0 Å². The van der Waals surface area contributed by atoms with Gasteiger partial charge < -0.3 is 19.9 Å². The van der Waals surface area contributed by atoms with Crippen LogP contribution in [0.3, 0.4) is 0 Å². The van der Waals surface area contributed by atoms with E-state index < -0.39 is 0 Å². The lowest BCUT2D eigenvalue weighted by molar-refractivity contribution is 0.0547. The lowest BCUT2D eigenvalue weighted by Crippen LogP contribution is -2.10. The maximum absolute atomic E-state index is 5.94. The highest BCUT2D eigenvalue weighted by molar-refractivity contribution is 5.96. The monoisotopic (exact) mass is 261 g/mol. The first-order chi connectivity index (χ1) is 9.33. The van der Waals surface area contributed by atoms with E-state index in [1.165, 1.54) is 0 Å².